The lowest BCUT2D eigenvalue weighted by atomic mass is 10.2. The van der Waals surface area contributed by atoms with Crippen molar-refractivity contribution >= 4 is 26.5 Å². The molecule has 4 nitrogen and oxygen atoms in total. The number of furan rings is 1. The van der Waals surface area contributed by atoms with E-state index >= 15 is 0 Å². The van der Waals surface area contributed by atoms with E-state index in [0.29, 0.717) is 5.69 Å². The molecule has 0 atom stereocenters. The second-order valence-corrected chi connectivity index (χ2v) is 5.43. The monoisotopic (exact) mass is 225 g/mol. The summed E-state index contributed by atoms with van der Waals surface area (Å²) >= 11 is 0. The number of sulfonamides is 1. The van der Waals surface area contributed by atoms with Crippen LogP contribution < -0.4 is 4.31 Å². The van der Waals surface area contributed by atoms with Crippen molar-refractivity contribution in [1.82, 2.24) is 0 Å². The number of rotatable bonds is 2. The van der Waals surface area contributed by atoms with Crippen LogP contribution in [0.5, 0.6) is 0 Å². The summed E-state index contributed by atoms with van der Waals surface area (Å²) in [6.45, 7) is 0. The number of hydrogen-bond donors (Lipinski definition) is 0. The smallest absolute Gasteiger partial charge is 0.231 e. The maximum absolute atomic E-state index is 11.3. The molecule has 1 heterocycles. The fraction of sp³-hybridized carbons (Fsp3) is 0.200. The van der Waals surface area contributed by atoms with Gasteiger partial charge < -0.3 is 4.42 Å². The van der Waals surface area contributed by atoms with Gasteiger partial charge in [-0.15, -0.1) is 0 Å². The molecule has 0 N–H and O–H groups in total. The first-order chi connectivity index (χ1) is 6.98. The van der Waals surface area contributed by atoms with Crippen LogP contribution in [0.15, 0.2) is 35.1 Å². The van der Waals surface area contributed by atoms with E-state index in [4.69, 9.17) is 4.42 Å². The maximum atomic E-state index is 11.3. The summed E-state index contributed by atoms with van der Waals surface area (Å²) in [7, 11) is -1.68. The van der Waals surface area contributed by atoms with Crippen molar-refractivity contribution in [3.63, 3.8) is 0 Å². The average molecular weight is 225 g/mol. The first kappa shape index (κ1) is 10.0. The van der Waals surface area contributed by atoms with E-state index in [1.165, 1.54) is 17.6 Å². The van der Waals surface area contributed by atoms with Gasteiger partial charge in [-0.05, 0) is 18.2 Å². The molecule has 0 saturated carbocycles. The van der Waals surface area contributed by atoms with E-state index in [9.17, 15) is 8.42 Å². The van der Waals surface area contributed by atoms with E-state index in [0.717, 1.165) is 10.8 Å². The molecule has 2 rings (SSSR count). The summed E-state index contributed by atoms with van der Waals surface area (Å²) < 4.78 is 28.9. The highest BCUT2D eigenvalue weighted by Crippen LogP contribution is 2.23. The number of hydrogen-bond acceptors (Lipinski definition) is 3. The van der Waals surface area contributed by atoms with Gasteiger partial charge in [-0.2, -0.15) is 0 Å². The van der Waals surface area contributed by atoms with E-state index in [1.807, 2.05) is 6.07 Å². The molecule has 0 bridgehead atoms. The van der Waals surface area contributed by atoms with Crippen molar-refractivity contribution < 1.29 is 12.8 Å². The van der Waals surface area contributed by atoms with Gasteiger partial charge in [0.05, 0.1) is 24.5 Å². The zero-order valence-electron chi connectivity index (χ0n) is 8.47. The predicted octanol–water partition coefficient (Wildman–Crippen LogP) is 1.83. The summed E-state index contributed by atoms with van der Waals surface area (Å²) in [5.41, 5.74) is 0.631. The van der Waals surface area contributed by atoms with Crippen molar-refractivity contribution in [1.29, 1.82) is 0 Å². The SMILES string of the molecule is CN(c1ccc2cocc2c1)S(C)(=O)=O. The highest BCUT2D eigenvalue weighted by atomic mass is 32.2. The van der Waals surface area contributed by atoms with Crippen LogP contribution in [-0.2, 0) is 10.0 Å². The first-order valence-corrected chi connectivity index (χ1v) is 6.23. The first-order valence-electron chi connectivity index (χ1n) is 4.38. The molecule has 0 radical (unpaired) electrons. The highest BCUT2D eigenvalue weighted by Gasteiger charge is 2.12. The molecule has 1 aromatic heterocycles. The number of fused-ring (bicyclic) bond motifs is 1. The Morgan fingerprint density at radius 1 is 1.20 bits per heavy atom. The lowest BCUT2D eigenvalue weighted by Gasteiger charge is -2.16. The van der Waals surface area contributed by atoms with Crippen molar-refractivity contribution in [2.24, 2.45) is 0 Å². The predicted molar refractivity (Wildman–Crippen MR) is 59.5 cm³/mol. The van der Waals surface area contributed by atoms with Crippen molar-refractivity contribution in [3.8, 4) is 0 Å². The average Bonchev–Trinajstić information content (AvgIpc) is 2.61. The van der Waals surface area contributed by atoms with Gasteiger partial charge in [-0.25, -0.2) is 8.42 Å². The molecule has 15 heavy (non-hydrogen) atoms. The number of anilines is 1. The van der Waals surface area contributed by atoms with Crippen LogP contribution in [0.3, 0.4) is 0 Å². The standard InChI is InChI=1S/C10H11NO3S/c1-11(15(2,12)13)10-4-3-8-6-14-7-9(8)5-10/h3-7H,1-2H3. The molecule has 0 unspecified atom stereocenters. The molecule has 0 aliphatic heterocycles. The van der Waals surface area contributed by atoms with Crippen LogP contribution in [-0.4, -0.2) is 21.7 Å². The Morgan fingerprint density at radius 2 is 1.87 bits per heavy atom. The van der Waals surface area contributed by atoms with Crippen molar-refractivity contribution in [2.75, 3.05) is 17.6 Å². The molecule has 5 heteroatoms. The van der Waals surface area contributed by atoms with Crippen molar-refractivity contribution in [3.05, 3.63) is 30.7 Å². The molecule has 0 spiro atoms. The summed E-state index contributed by atoms with van der Waals surface area (Å²) in [4.78, 5) is 0. The van der Waals surface area contributed by atoms with Crippen LogP contribution >= 0.6 is 0 Å². The van der Waals surface area contributed by atoms with Gasteiger partial charge in [-0.3, -0.25) is 4.31 Å². The molecular formula is C10H11NO3S. The van der Waals surface area contributed by atoms with E-state index < -0.39 is 10.0 Å². The normalized spacial score (nSPS) is 11.9. The van der Waals surface area contributed by atoms with Gasteiger partial charge in [0.25, 0.3) is 0 Å². The molecule has 0 saturated heterocycles. The topological polar surface area (TPSA) is 50.5 Å². The number of benzene rings is 1. The molecule has 1 aromatic carbocycles. The fourth-order valence-electron chi connectivity index (χ4n) is 1.34. The summed E-state index contributed by atoms with van der Waals surface area (Å²) in [6.07, 6.45) is 4.39. The van der Waals surface area contributed by atoms with Gasteiger partial charge in [0.2, 0.25) is 10.0 Å². The Labute approximate surface area is 88.2 Å². The minimum Gasteiger partial charge on any atom is -0.471 e. The molecule has 0 amide bonds. The molecular weight excluding hydrogens is 214 g/mol. The largest absolute Gasteiger partial charge is 0.471 e. The maximum Gasteiger partial charge on any atom is 0.231 e. The lowest BCUT2D eigenvalue weighted by Crippen LogP contribution is -2.24. The van der Waals surface area contributed by atoms with Crippen LogP contribution in [0.25, 0.3) is 10.8 Å². The zero-order valence-corrected chi connectivity index (χ0v) is 9.28. The molecule has 0 fully saturated rings. The van der Waals surface area contributed by atoms with Crippen molar-refractivity contribution in [2.45, 2.75) is 0 Å². The number of nitrogens with zero attached hydrogens (tertiary/aromatic N) is 1. The van der Waals surface area contributed by atoms with Crippen LogP contribution in [0.1, 0.15) is 0 Å². The Kier molecular flexibility index (Phi) is 2.19. The Hall–Kier alpha value is -1.49. The van der Waals surface area contributed by atoms with E-state index in [2.05, 4.69) is 0 Å². The molecule has 80 valence electrons. The van der Waals surface area contributed by atoms with Gasteiger partial charge >= 0.3 is 0 Å². The van der Waals surface area contributed by atoms with Crippen LogP contribution in [0.4, 0.5) is 5.69 Å². The third kappa shape index (κ3) is 1.83. The summed E-state index contributed by atoms with van der Waals surface area (Å²) in [5, 5.41) is 1.85. The molecule has 0 aliphatic carbocycles. The van der Waals surface area contributed by atoms with Gasteiger partial charge in [0.1, 0.15) is 0 Å². The quantitative estimate of drug-likeness (QED) is 0.783. The Morgan fingerprint density at radius 3 is 2.53 bits per heavy atom. The van der Waals surface area contributed by atoms with Gasteiger partial charge in [-0.1, -0.05) is 0 Å². The van der Waals surface area contributed by atoms with E-state index in [1.54, 1.807) is 24.7 Å². The summed E-state index contributed by atoms with van der Waals surface area (Å²) in [6, 6.07) is 5.36. The third-order valence-corrected chi connectivity index (χ3v) is 3.53. The Balaban J connectivity index is 2.53. The summed E-state index contributed by atoms with van der Waals surface area (Å²) in [5.74, 6) is 0. The molecule has 0 aliphatic rings. The second-order valence-electron chi connectivity index (χ2n) is 3.42. The minimum atomic E-state index is -3.20. The van der Waals surface area contributed by atoms with Crippen LogP contribution in [0.2, 0.25) is 0 Å². The lowest BCUT2D eigenvalue weighted by molar-refractivity contribution is 0.572. The highest BCUT2D eigenvalue weighted by molar-refractivity contribution is 7.92. The van der Waals surface area contributed by atoms with E-state index in [-0.39, 0.29) is 0 Å². The fourth-order valence-corrected chi connectivity index (χ4v) is 1.84. The van der Waals surface area contributed by atoms with Gasteiger partial charge in [0, 0.05) is 17.8 Å². The third-order valence-electron chi connectivity index (χ3n) is 2.32. The minimum absolute atomic E-state index is 0.631. The van der Waals surface area contributed by atoms with Crippen LogP contribution in [0, 0.1) is 0 Å². The zero-order chi connectivity index (χ0) is 11.1. The van der Waals surface area contributed by atoms with Gasteiger partial charge in [0.15, 0.2) is 0 Å². The second kappa shape index (κ2) is 3.27. The Bertz CT molecular complexity index is 585. The molecule has 2 aromatic rings.